The molecule has 0 aliphatic heterocycles. The molecule has 0 saturated heterocycles. The summed E-state index contributed by atoms with van der Waals surface area (Å²) in [7, 11) is 0. The van der Waals surface area contributed by atoms with Crippen LogP contribution in [-0.4, -0.2) is 11.0 Å². The first-order valence-electron chi connectivity index (χ1n) is 6.76. The number of carbonyl (C=O) groups is 1. The van der Waals surface area contributed by atoms with Crippen molar-refractivity contribution in [2.75, 3.05) is 0 Å². The largest absolute Gasteiger partial charge is 0.455 e. The quantitative estimate of drug-likeness (QED) is 0.626. The van der Waals surface area contributed by atoms with E-state index in [-0.39, 0.29) is 17.2 Å². The van der Waals surface area contributed by atoms with Gasteiger partial charge in [0.05, 0.1) is 10.7 Å². The van der Waals surface area contributed by atoms with E-state index in [9.17, 15) is 9.18 Å². The molecule has 3 nitrogen and oxygen atoms in total. The first-order chi connectivity index (χ1) is 11.1. The summed E-state index contributed by atoms with van der Waals surface area (Å²) in [6.45, 7) is -0.0349. The second-order valence-corrected chi connectivity index (χ2v) is 5.95. The van der Waals surface area contributed by atoms with Gasteiger partial charge in [-0.2, -0.15) is 0 Å². The molecule has 0 saturated carbocycles. The van der Waals surface area contributed by atoms with E-state index in [1.54, 1.807) is 5.38 Å². The molecule has 6 heteroatoms. The lowest BCUT2D eigenvalue weighted by molar-refractivity contribution is 0.0463. The number of halogens is 2. The van der Waals surface area contributed by atoms with Crippen LogP contribution in [0, 0.1) is 5.82 Å². The molecular weight excluding hydrogens is 337 g/mol. The summed E-state index contributed by atoms with van der Waals surface area (Å²) >= 11 is 7.29. The zero-order chi connectivity index (χ0) is 16.2. The van der Waals surface area contributed by atoms with Crippen LogP contribution < -0.4 is 0 Å². The first-order valence-corrected chi connectivity index (χ1v) is 8.02. The normalized spacial score (nSPS) is 10.5. The van der Waals surface area contributed by atoms with Crippen molar-refractivity contribution in [3.05, 3.63) is 76.0 Å². The van der Waals surface area contributed by atoms with Crippen molar-refractivity contribution in [3.63, 3.8) is 0 Å². The lowest BCUT2D eigenvalue weighted by Gasteiger charge is -2.05. The van der Waals surface area contributed by atoms with Crippen LogP contribution in [0.5, 0.6) is 0 Å². The predicted octanol–water partition coefficient (Wildman–Crippen LogP) is 4.96. The highest BCUT2D eigenvalue weighted by molar-refractivity contribution is 7.13. The van der Waals surface area contributed by atoms with E-state index in [2.05, 4.69) is 4.98 Å². The Labute approximate surface area is 141 Å². The van der Waals surface area contributed by atoms with E-state index in [1.165, 1.54) is 29.5 Å². The predicted molar refractivity (Wildman–Crippen MR) is 88.1 cm³/mol. The molecule has 3 aromatic rings. The summed E-state index contributed by atoms with van der Waals surface area (Å²) in [4.78, 5) is 16.4. The average molecular weight is 348 g/mol. The fourth-order valence-electron chi connectivity index (χ4n) is 1.99. The molecule has 0 aliphatic carbocycles. The Morgan fingerprint density at radius 2 is 1.96 bits per heavy atom. The highest BCUT2D eigenvalue weighted by Gasteiger charge is 2.17. The molecule has 0 amide bonds. The van der Waals surface area contributed by atoms with E-state index >= 15 is 0 Å². The summed E-state index contributed by atoms with van der Waals surface area (Å²) < 4.78 is 18.8. The average Bonchev–Trinajstić information content (AvgIpc) is 3.02. The lowest BCUT2D eigenvalue weighted by Crippen LogP contribution is -2.08. The molecule has 0 N–H and O–H groups in total. The number of hydrogen-bond donors (Lipinski definition) is 0. The summed E-state index contributed by atoms with van der Waals surface area (Å²) in [6, 6.07) is 13.7. The van der Waals surface area contributed by atoms with Gasteiger partial charge in [0.25, 0.3) is 0 Å². The Balaban J connectivity index is 1.70. The molecule has 0 fully saturated rings. The van der Waals surface area contributed by atoms with E-state index in [0.29, 0.717) is 5.69 Å². The van der Waals surface area contributed by atoms with Gasteiger partial charge in [-0.25, -0.2) is 14.2 Å². The third-order valence-corrected chi connectivity index (χ3v) is 4.35. The lowest BCUT2D eigenvalue weighted by atomic mass is 10.2. The Morgan fingerprint density at radius 3 is 2.70 bits per heavy atom. The van der Waals surface area contributed by atoms with Crippen LogP contribution in [0.25, 0.3) is 10.6 Å². The molecule has 0 radical (unpaired) electrons. The third-order valence-electron chi connectivity index (χ3n) is 3.09. The van der Waals surface area contributed by atoms with E-state index < -0.39 is 11.8 Å². The fourth-order valence-corrected chi connectivity index (χ4v) is 3.04. The zero-order valence-corrected chi connectivity index (χ0v) is 13.4. The van der Waals surface area contributed by atoms with Crippen LogP contribution in [0.15, 0.2) is 53.9 Å². The smallest absolute Gasteiger partial charge is 0.343 e. The SMILES string of the molecule is O=C(OCc1csc(-c2ccccc2)n1)c1c(F)cccc1Cl. The monoisotopic (exact) mass is 347 g/mol. The van der Waals surface area contributed by atoms with Crippen molar-refractivity contribution in [2.45, 2.75) is 6.61 Å². The van der Waals surface area contributed by atoms with Gasteiger partial charge in [0.2, 0.25) is 0 Å². The van der Waals surface area contributed by atoms with Crippen LogP contribution in [-0.2, 0) is 11.3 Å². The number of carbonyl (C=O) groups excluding carboxylic acids is 1. The van der Waals surface area contributed by atoms with Crippen molar-refractivity contribution in [2.24, 2.45) is 0 Å². The molecule has 0 spiro atoms. The number of aromatic nitrogens is 1. The summed E-state index contributed by atoms with van der Waals surface area (Å²) in [5, 5.41) is 2.66. The van der Waals surface area contributed by atoms with Gasteiger partial charge in [0.1, 0.15) is 23.0 Å². The first kappa shape index (κ1) is 15.6. The second kappa shape index (κ2) is 6.89. The van der Waals surface area contributed by atoms with Crippen LogP contribution in [0.1, 0.15) is 16.1 Å². The van der Waals surface area contributed by atoms with E-state index in [4.69, 9.17) is 16.3 Å². The van der Waals surface area contributed by atoms with Crippen LogP contribution in [0.4, 0.5) is 4.39 Å². The van der Waals surface area contributed by atoms with Gasteiger partial charge < -0.3 is 4.74 Å². The maximum absolute atomic E-state index is 13.7. The standard InChI is InChI=1S/C17H11ClFNO2S/c18-13-7-4-8-14(19)15(13)17(21)22-9-12-10-23-16(20-12)11-5-2-1-3-6-11/h1-8,10H,9H2. The van der Waals surface area contributed by atoms with E-state index in [1.807, 2.05) is 30.3 Å². The Kier molecular flexibility index (Phi) is 4.69. The third kappa shape index (κ3) is 3.57. The molecule has 1 heterocycles. The van der Waals surface area contributed by atoms with Crippen LogP contribution >= 0.6 is 22.9 Å². The number of benzene rings is 2. The molecule has 0 aliphatic rings. The highest BCUT2D eigenvalue weighted by atomic mass is 35.5. The number of nitrogens with zero attached hydrogens (tertiary/aromatic N) is 1. The number of hydrogen-bond acceptors (Lipinski definition) is 4. The summed E-state index contributed by atoms with van der Waals surface area (Å²) in [5.41, 5.74) is 1.34. The van der Waals surface area contributed by atoms with Crippen molar-refractivity contribution in [1.29, 1.82) is 0 Å². The molecule has 0 bridgehead atoms. The van der Waals surface area contributed by atoms with E-state index in [0.717, 1.165) is 10.6 Å². The van der Waals surface area contributed by atoms with Gasteiger partial charge in [-0.3, -0.25) is 0 Å². The van der Waals surface area contributed by atoms with Gasteiger partial charge in [-0.05, 0) is 12.1 Å². The van der Waals surface area contributed by atoms with Crippen molar-refractivity contribution < 1.29 is 13.9 Å². The van der Waals surface area contributed by atoms with Crippen LogP contribution in [0.2, 0.25) is 5.02 Å². The van der Waals surface area contributed by atoms with Crippen molar-refractivity contribution in [1.82, 2.24) is 4.98 Å². The molecule has 2 aromatic carbocycles. The van der Waals surface area contributed by atoms with Gasteiger partial charge in [0, 0.05) is 10.9 Å². The molecule has 1 aromatic heterocycles. The molecular formula is C17H11ClFNO2S. The summed E-state index contributed by atoms with van der Waals surface area (Å²) in [6.07, 6.45) is 0. The Bertz CT molecular complexity index is 815. The van der Waals surface area contributed by atoms with Crippen molar-refractivity contribution in [3.8, 4) is 10.6 Å². The number of esters is 1. The fraction of sp³-hybridized carbons (Fsp3) is 0.0588. The maximum atomic E-state index is 13.7. The van der Waals surface area contributed by atoms with Gasteiger partial charge in [-0.1, -0.05) is 48.0 Å². The highest BCUT2D eigenvalue weighted by Crippen LogP contribution is 2.24. The zero-order valence-electron chi connectivity index (χ0n) is 11.8. The Morgan fingerprint density at radius 1 is 1.17 bits per heavy atom. The minimum absolute atomic E-state index is 0.0262. The maximum Gasteiger partial charge on any atom is 0.343 e. The number of rotatable bonds is 4. The molecule has 3 rings (SSSR count). The molecule has 23 heavy (non-hydrogen) atoms. The molecule has 116 valence electrons. The minimum Gasteiger partial charge on any atom is -0.455 e. The van der Waals surface area contributed by atoms with Gasteiger partial charge in [-0.15, -0.1) is 11.3 Å². The van der Waals surface area contributed by atoms with Gasteiger partial charge >= 0.3 is 5.97 Å². The second-order valence-electron chi connectivity index (χ2n) is 4.68. The van der Waals surface area contributed by atoms with Crippen LogP contribution in [0.3, 0.4) is 0 Å². The molecule has 0 unspecified atom stereocenters. The topological polar surface area (TPSA) is 39.2 Å². The molecule has 0 atom stereocenters. The number of thiazole rings is 1. The summed E-state index contributed by atoms with van der Waals surface area (Å²) in [5.74, 6) is -1.51. The number of ether oxygens (including phenoxy) is 1. The van der Waals surface area contributed by atoms with Crippen molar-refractivity contribution >= 4 is 28.9 Å². The van der Waals surface area contributed by atoms with Gasteiger partial charge in [0.15, 0.2) is 0 Å². The Hall–Kier alpha value is -2.24. The minimum atomic E-state index is -0.803.